The Hall–Kier alpha value is -0.920. The van der Waals surface area contributed by atoms with Crippen LogP contribution in [0.15, 0.2) is 10.6 Å². The number of hydrogen-bond donors (Lipinski definition) is 1. The lowest BCUT2D eigenvalue weighted by atomic mass is 10.2. The van der Waals surface area contributed by atoms with Gasteiger partial charge in [0, 0.05) is 25.2 Å². The molecule has 0 aliphatic carbocycles. The molecule has 1 unspecified atom stereocenters. The van der Waals surface area contributed by atoms with Crippen molar-refractivity contribution < 1.29 is 12.9 Å². The van der Waals surface area contributed by atoms with Gasteiger partial charge in [-0.3, -0.25) is 0 Å². The first-order chi connectivity index (χ1) is 8.03. The topological polar surface area (TPSA) is 89.4 Å². The SMILES string of the molecule is Cc1cc(CS(=O)(=O)N2CCCC2CN)no1. The quantitative estimate of drug-likeness (QED) is 0.836. The molecule has 7 heteroatoms. The Morgan fingerprint density at radius 1 is 1.65 bits per heavy atom. The second-order valence-corrected chi connectivity index (χ2v) is 6.25. The van der Waals surface area contributed by atoms with E-state index in [0.717, 1.165) is 12.8 Å². The summed E-state index contributed by atoms with van der Waals surface area (Å²) in [5, 5.41) is 3.71. The minimum absolute atomic E-state index is 0.0620. The maximum atomic E-state index is 12.2. The van der Waals surface area contributed by atoms with E-state index in [0.29, 0.717) is 24.5 Å². The second-order valence-electron chi connectivity index (χ2n) is 4.33. The van der Waals surface area contributed by atoms with Crippen LogP contribution in [0.1, 0.15) is 24.3 Å². The van der Waals surface area contributed by atoms with Gasteiger partial charge < -0.3 is 10.3 Å². The van der Waals surface area contributed by atoms with E-state index in [2.05, 4.69) is 5.16 Å². The van der Waals surface area contributed by atoms with Gasteiger partial charge in [0.2, 0.25) is 10.0 Å². The Kier molecular flexibility index (Phi) is 3.50. The van der Waals surface area contributed by atoms with Crippen molar-refractivity contribution in [2.45, 2.75) is 31.6 Å². The molecule has 0 saturated carbocycles. The molecule has 1 saturated heterocycles. The summed E-state index contributed by atoms with van der Waals surface area (Å²) in [7, 11) is -3.33. The fourth-order valence-electron chi connectivity index (χ4n) is 2.17. The van der Waals surface area contributed by atoms with E-state index in [1.165, 1.54) is 4.31 Å². The third-order valence-electron chi connectivity index (χ3n) is 2.96. The molecule has 1 aliphatic rings. The molecular weight excluding hydrogens is 242 g/mol. The van der Waals surface area contributed by atoms with Crippen molar-refractivity contribution in [1.29, 1.82) is 0 Å². The molecule has 0 aromatic carbocycles. The number of nitrogens with two attached hydrogens (primary N) is 1. The van der Waals surface area contributed by atoms with Gasteiger partial charge in [-0.25, -0.2) is 8.42 Å². The van der Waals surface area contributed by atoms with Gasteiger partial charge in [0.05, 0.1) is 0 Å². The van der Waals surface area contributed by atoms with Crippen molar-refractivity contribution in [2.75, 3.05) is 13.1 Å². The molecule has 96 valence electrons. The lowest BCUT2D eigenvalue weighted by Crippen LogP contribution is -2.40. The normalized spacial score (nSPS) is 22.1. The first-order valence-corrected chi connectivity index (χ1v) is 7.25. The van der Waals surface area contributed by atoms with E-state index < -0.39 is 10.0 Å². The number of aryl methyl sites for hydroxylation is 1. The highest BCUT2D eigenvalue weighted by Crippen LogP contribution is 2.22. The molecule has 0 radical (unpaired) electrons. The van der Waals surface area contributed by atoms with E-state index >= 15 is 0 Å². The summed E-state index contributed by atoms with van der Waals surface area (Å²) >= 11 is 0. The average molecular weight is 259 g/mol. The van der Waals surface area contributed by atoms with Gasteiger partial charge in [-0.15, -0.1) is 0 Å². The van der Waals surface area contributed by atoms with Crippen LogP contribution in [0.3, 0.4) is 0 Å². The fourth-order valence-corrected chi connectivity index (χ4v) is 3.90. The molecule has 0 amide bonds. The molecule has 2 N–H and O–H groups in total. The zero-order valence-corrected chi connectivity index (χ0v) is 10.6. The van der Waals surface area contributed by atoms with Gasteiger partial charge in [0.15, 0.2) is 0 Å². The molecule has 17 heavy (non-hydrogen) atoms. The minimum atomic E-state index is -3.33. The monoisotopic (exact) mass is 259 g/mol. The van der Waals surface area contributed by atoms with Gasteiger partial charge in [-0.1, -0.05) is 5.16 Å². The zero-order chi connectivity index (χ0) is 12.5. The summed E-state index contributed by atoms with van der Waals surface area (Å²) in [6.07, 6.45) is 1.71. The zero-order valence-electron chi connectivity index (χ0n) is 9.80. The number of hydrogen-bond acceptors (Lipinski definition) is 5. The molecular formula is C10H17N3O3S. The molecule has 2 heterocycles. The van der Waals surface area contributed by atoms with E-state index in [1.807, 2.05) is 0 Å². The van der Waals surface area contributed by atoms with Crippen molar-refractivity contribution in [1.82, 2.24) is 9.46 Å². The van der Waals surface area contributed by atoms with Crippen LogP contribution in [-0.2, 0) is 15.8 Å². The highest BCUT2D eigenvalue weighted by atomic mass is 32.2. The standard InChI is InChI=1S/C10H17N3O3S/c1-8-5-9(12-16-8)7-17(14,15)13-4-2-3-10(13)6-11/h5,10H,2-4,6-7,11H2,1H3. The van der Waals surface area contributed by atoms with Crippen LogP contribution in [0.25, 0.3) is 0 Å². The lowest BCUT2D eigenvalue weighted by Gasteiger charge is -2.22. The minimum Gasteiger partial charge on any atom is -0.361 e. The maximum absolute atomic E-state index is 12.2. The molecule has 1 aliphatic heterocycles. The van der Waals surface area contributed by atoms with Crippen LogP contribution in [-0.4, -0.2) is 37.0 Å². The Morgan fingerprint density at radius 3 is 3.00 bits per heavy atom. The molecule has 0 spiro atoms. The van der Waals surface area contributed by atoms with Crippen molar-refractivity contribution >= 4 is 10.0 Å². The molecule has 0 bridgehead atoms. The summed E-state index contributed by atoms with van der Waals surface area (Å²) in [6.45, 7) is 2.67. The first kappa shape index (κ1) is 12.5. The number of sulfonamides is 1. The molecule has 2 rings (SSSR count). The molecule has 1 fully saturated rings. The van der Waals surface area contributed by atoms with Crippen molar-refractivity contribution in [3.05, 3.63) is 17.5 Å². The van der Waals surface area contributed by atoms with Gasteiger partial charge in [0.25, 0.3) is 0 Å². The van der Waals surface area contributed by atoms with Crippen LogP contribution in [0.2, 0.25) is 0 Å². The highest BCUT2D eigenvalue weighted by molar-refractivity contribution is 7.88. The second kappa shape index (κ2) is 4.75. The molecule has 1 aromatic heterocycles. The third-order valence-corrected chi connectivity index (χ3v) is 4.82. The number of rotatable bonds is 4. The van der Waals surface area contributed by atoms with Crippen molar-refractivity contribution in [3.63, 3.8) is 0 Å². The van der Waals surface area contributed by atoms with E-state index in [9.17, 15) is 8.42 Å². The van der Waals surface area contributed by atoms with Crippen LogP contribution in [0, 0.1) is 6.92 Å². The van der Waals surface area contributed by atoms with Gasteiger partial charge >= 0.3 is 0 Å². The summed E-state index contributed by atoms with van der Waals surface area (Å²) in [6, 6.07) is 1.58. The van der Waals surface area contributed by atoms with Gasteiger partial charge in [0.1, 0.15) is 17.2 Å². The lowest BCUT2D eigenvalue weighted by molar-refractivity contribution is 0.383. The smallest absolute Gasteiger partial charge is 0.220 e. The predicted molar refractivity (Wildman–Crippen MR) is 62.6 cm³/mol. The van der Waals surface area contributed by atoms with Gasteiger partial charge in [-0.05, 0) is 19.8 Å². The number of nitrogens with zero attached hydrogens (tertiary/aromatic N) is 2. The first-order valence-electron chi connectivity index (χ1n) is 5.64. The predicted octanol–water partition coefficient (Wildman–Crippen LogP) is 0.236. The Labute approximate surface area is 101 Å². The molecule has 6 nitrogen and oxygen atoms in total. The Balaban J connectivity index is 2.13. The van der Waals surface area contributed by atoms with Crippen LogP contribution in [0.4, 0.5) is 0 Å². The third kappa shape index (κ3) is 2.67. The fraction of sp³-hybridized carbons (Fsp3) is 0.700. The summed E-state index contributed by atoms with van der Waals surface area (Å²) in [5.41, 5.74) is 6.03. The average Bonchev–Trinajstić information content (AvgIpc) is 2.86. The van der Waals surface area contributed by atoms with E-state index in [-0.39, 0.29) is 11.8 Å². The van der Waals surface area contributed by atoms with Crippen LogP contribution < -0.4 is 5.73 Å². The Bertz CT molecular complexity index is 483. The number of aromatic nitrogens is 1. The molecule has 1 aromatic rings. The molecule has 1 atom stereocenters. The van der Waals surface area contributed by atoms with E-state index in [1.54, 1.807) is 13.0 Å². The maximum Gasteiger partial charge on any atom is 0.220 e. The largest absolute Gasteiger partial charge is 0.361 e. The van der Waals surface area contributed by atoms with Crippen LogP contribution in [0.5, 0.6) is 0 Å². The van der Waals surface area contributed by atoms with Gasteiger partial charge in [-0.2, -0.15) is 4.31 Å². The Morgan fingerprint density at radius 2 is 2.41 bits per heavy atom. The van der Waals surface area contributed by atoms with Crippen molar-refractivity contribution in [2.24, 2.45) is 5.73 Å². The van der Waals surface area contributed by atoms with Crippen molar-refractivity contribution in [3.8, 4) is 0 Å². The summed E-state index contributed by atoms with van der Waals surface area (Å²) in [5.74, 6) is 0.507. The van der Waals surface area contributed by atoms with Crippen LogP contribution >= 0.6 is 0 Å². The summed E-state index contributed by atoms with van der Waals surface area (Å²) < 4.78 is 30.7. The highest BCUT2D eigenvalue weighted by Gasteiger charge is 2.33. The van der Waals surface area contributed by atoms with E-state index in [4.69, 9.17) is 10.3 Å². The summed E-state index contributed by atoms with van der Waals surface area (Å²) in [4.78, 5) is 0.